The van der Waals surface area contributed by atoms with Crippen LogP contribution in [0.4, 0.5) is 5.69 Å². The first-order valence-electron chi connectivity index (χ1n) is 3.04. The predicted molar refractivity (Wildman–Crippen MR) is 48.2 cm³/mol. The zero-order valence-electron chi connectivity index (χ0n) is 5.49. The van der Waals surface area contributed by atoms with E-state index < -0.39 is 0 Å². The van der Waals surface area contributed by atoms with Gasteiger partial charge in [-0.1, -0.05) is 18.2 Å². The minimum absolute atomic E-state index is 1.08. The first kappa shape index (κ1) is 7.22. The van der Waals surface area contributed by atoms with E-state index >= 15 is 0 Å². The molecule has 0 aliphatic heterocycles. The topological polar surface area (TPSA) is 12.0 Å². The third-order valence-corrected chi connectivity index (χ3v) is 1.25. The third kappa shape index (κ3) is 2.15. The molecule has 0 fully saturated rings. The molecule has 0 aliphatic carbocycles. The fourth-order valence-electron chi connectivity index (χ4n) is 0.668. The van der Waals surface area contributed by atoms with Gasteiger partial charge in [-0.05, 0) is 17.5 Å². The number of para-hydroxylation sites is 1. The van der Waals surface area contributed by atoms with Crippen LogP contribution in [0.3, 0.4) is 0 Å². The SMILES string of the molecule is S/C=C\Nc1ccccc1. The molecule has 0 unspecified atom stereocenters. The molecule has 1 rings (SSSR count). The average molecular weight is 151 g/mol. The van der Waals surface area contributed by atoms with E-state index in [1.807, 2.05) is 30.3 Å². The molecule has 0 amide bonds. The molecule has 0 atom stereocenters. The monoisotopic (exact) mass is 151 g/mol. The largest absolute Gasteiger partial charge is 0.361 e. The van der Waals surface area contributed by atoms with Crippen LogP contribution in [0.5, 0.6) is 0 Å². The van der Waals surface area contributed by atoms with E-state index in [1.165, 1.54) is 0 Å². The van der Waals surface area contributed by atoms with Crippen molar-refractivity contribution >= 4 is 18.3 Å². The van der Waals surface area contributed by atoms with Crippen LogP contribution in [-0.2, 0) is 0 Å². The van der Waals surface area contributed by atoms with Crippen LogP contribution in [0.2, 0.25) is 0 Å². The quantitative estimate of drug-likeness (QED) is 0.619. The molecule has 0 spiro atoms. The number of nitrogens with one attached hydrogen (secondary N) is 1. The number of anilines is 1. The van der Waals surface area contributed by atoms with E-state index in [4.69, 9.17) is 0 Å². The van der Waals surface area contributed by atoms with Crippen LogP contribution in [0.15, 0.2) is 41.9 Å². The van der Waals surface area contributed by atoms with Gasteiger partial charge in [0, 0.05) is 11.9 Å². The Bertz CT molecular complexity index is 206. The van der Waals surface area contributed by atoms with E-state index in [-0.39, 0.29) is 0 Å². The van der Waals surface area contributed by atoms with Gasteiger partial charge in [-0.15, -0.1) is 12.6 Å². The van der Waals surface area contributed by atoms with Gasteiger partial charge in [0.2, 0.25) is 0 Å². The van der Waals surface area contributed by atoms with Crippen LogP contribution in [0.1, 0.15) is 0 Å². The van der Waals surface area contributed by atoms with Crippen molar-refractivity contribution in [2.75, 3.05) is 5.32 Å². The highest BCUT2D eigenvalue weighted by Crippen LogP contribution is 2.03. The molecule has 1 aromatic rings. The molecule has 0 aliphatic rings. The molecule has 0 heterocycles. The summed E-state index contributed by atoms with van der Waals surface area (Å²) >= 11 is 3.91. The summed E-state index contributed by atoms with van der Waals surface area (Å²) in [6, 6.07) is 9.93. The molecule has 1 N–H and O–H groups in total. The lowest BCUT2D eigenvalue weighted by Gasteiger charge is -1.96. The second kappa shape index (κ2) is 4.01. The van der Waals surface area contributed by atoms with Crippen LogP contribution >= 0.6 is 12.6 Å². The van der Waals surface area contributed by atoms with E-state index in [9.17, 15) is 0 Å². The van der Waals surface area contributed by atoms with Crippen molar-refractivity contribution in [3.63, 3.8) is 0 Å². The number of thiol groups is 1. The van der Waals surface area contributed by atoms with Crippen LogP contribution in [0.25, 0.3) is 0 Å². The van der Waals surface area contributed by atoms with Gasteiger partial charge in [-0.3, -0.25) is 0 Å². The van der Waals surface area contributed by atoms with Gasteiger partial charge in [-0.2, -0.15) is 0 Å². The first-order valence-corrected chi connectivity index (χ1v) is 3.56. The minimum Gasteiger partial charge on any atom is -0.361 e. The van der Waals surface area contributed by atoms with Gasteiger partial charge in [0.15, 0.2) is 0 Å². The maximum absolute atomic E-state index is 3.91. The summed E-state index contributed by atoms with van der Waals surface area (Å²) in [6.45, 7) is 0. The Labute approximate surface area is 66.2 Å². The van der Waals surface area contributed by atoms with Crippen LogP contribution < -0.4 is 5.32 Å². The molecule has 0 bridgehead atoms. The molecule has 0 aromatic heterocycles. The Hall–Kier alpha value is -0.890. The van der Waals surface area contributed by atoms with Crippen molar-refractivity contribution in [1.29, 1.82) is 0 Å². The van der Waals surface area contributed by atoms with Gasteiger partial charge < -0.3 is 5.32 Å². The smallest absolute Gasteiger partial charge is 0.0379 e. The van der Waals surface area contributed by atoms with Gasteiger partial charge in [0.05, 0.1) is 0 Å². The van der Waals surface area contributed by atoms with Crippen molar-refractivity contribution in [3.05, 3.63) is 41.9 Å². The number of hydrogen-bond donors (Lipinski definition) is 2. The summed E-state index contributed by atoms with van der Waals surface area (Å²) in [5.41, 5.74) is 1.08. The summed E-state index contributed by atoms with van der Waals surface area (Å²) in [7, 11) is 0. The summed E-state index contributed by atoms with van der Waals surface area (Å²) in [5.74, 6) is 0. The lowest BCUT2D eigenvalue weighted by Crippen LogP contribution is -1.83. The van der Waals surface area contributed by atoms with E-state index in [0.29, 0.717) is 0 Å². The normalized spacial score (nSPS) is 10.1. The highest BCUT2D eigenvalue weighted by Gasteiger charge is 1.80. The fourth-order valence-corrected chi connectivity index (χ4v) is 0.742. The molecule has 1 nitrogen and oxygen atoms in total. The molecule has 2 heteroatoms. The van der Waals surface area contributed by atoms with E-state index in [2.05, 4.69) is 17.9 Å². The Kier molecular flexibility index (Phi) is 2.90. The highest BCUT2D eigenvalue weighted by molar-refractivity contribution is 7.83. The van der Waals surface area contributed by atoms with Crippen molar-refractivity contribution < 1.29 is 0 Å². The number of hydrogen-bond acceptors (Lipinski definition) is 2. The predicted octanol–water partition coefficient (Wildman–Crippen LogP) is 2.50. The molecule has 52 valence electrons. The van der Waals surface area contributed by atoms with Gasteiger partial charge in [0.25, 0.3) is 0 Å². The summed E-state index contributed by atoms with van der Waals surface area (Å²) in [6.07, 6.45) is 1.78. The molecular weight excluding hydrogens is 142 g/mol. The maximum atomic E-state index is 3.91. The molecule has 0 radical (unpaired) electrons. The first-order chi connectivity index (χ1) is 4.93. The summed E-state index contributed by atoms with van der Waals surface area (Å²) < 4.78 is 0. The second-order valence-electron chi connectivity index (χ2n) is 1.83. The Morgan fingerprint density at radius 3 is 2.50 bits per heavy atom. The Balaban J connectivity index is 2.59. The van der Waals surface area contributed by atoms with Crippen molar-refractivity contribution in [2.24, 2.45) is 0 Å². The summed E-state index contributed by atoms with van der Waals surface area (Å²) in [4.78, 5) is 0. The lowest BCUT2D eigenvalue weighted by atomic mass is 10.3. The molecule has 1 aromatic carbocycles. The molecule has 10 heavy (non-hydrogen) atoms. The zero-order chi connectivity index (χ0) is 7.23. The van der Waals surface area contributed by atoms with Crippen LogP contribution in [0, 0.1) is 0 Å². The van der Waals surface area contributed by atoms with Crippen molar-refractivity contribution in [2.45, 2.75) is 0 Å². The highest BCUT2D eigenvalue weighted by atomic mass is 32.1. The van der Waals surface area contributed by atoms with Crippen LogP contribution in [-0.4, -0.2) is 0 Å². The molecule has 0 saturated carbocycles. The van der Waals surface area contributed by atoms with Gasteiger partial charge >= 0.3 is 0 Å². The van der Waals surface area contributed by atoms with E-state index in [1.54, 1.807) is 11.6 Å². The minimum atomic E-state index is 1.08. The van der Waals surface area contributed by atoms with Gasteiger partial charge in [-0.25, -0.2) is 0 Å². The standard InChI is InChI=1S/C8H9NS/c10-7-6-9-8-4-2-1-3-5-8/h1-7,9-10H/b7-6-. The number of benzene rings is 1. The lowest BCUT2D eigenvalue weighted by molar-refractivity contribution is 1.59. The molecular formula is C8H9NS. The summed E-state index contributed by atoms with van der Waals surface area (Å²) in [5, 5.41) is 4.70. The maximum Gasteiger partial charge on any atom is 0.0379 e. The fraction of sp³-hybridized carbons (Fsp3) is 0. The Morgan fingerprint density at radius 1 is 1.20 bits per heavy atom. The van der Waals surface area contributed by atoms with Crippen molar-refractivity contribution in [3.8, 4) is 0 Å². The second-order valence-corrected chi connectivity index (χ2v) is 2.12. The van der Waals surface area contributed by atoms with Crippen molar-refractivity contribution in [1.82, 2.24) is 0 Å². The number of rotatable bonds is 2. The average Bonchev–Trinajstić information content (AvgIpc) is 2.03. The van der Waals surface area contributed by atoms with Gasteiger partial charge in [0.1, 0.15) is 0 Å². The Morgan fingerprint density at radius 2 is 1.90 bits per heavy atom. The third-order valence-electron chi connectivity index (χ3n) is 1.10. The zero-order valence-corrected chi connectivity index (χ0v) is 6.38. The molecule has 0 saturated heterocycles. The van der Waals surface area contributed by atoms with E-state index in [0.717, 1.165) is 5.69 Å².